The van der Waals surface area contributed by atoms with Crippen molar-refractivity contribution in [3.63, 3.8) is 0 Å². The zero-order valence-electron chi connectivity index (χ0n) is 7.60. The van der Waals surface area contributed by atoms with Crippen molar-refractivity contribution in [3.8, 4) is 0 Å². The summed E-state index contributed by atoms with van der Waals surface area (Å²) in [6.45, 7) is 0. The van der Waals surface area contributed by atoms with E-state index >= 15 is 0 Å². The Hall–Kier alpha value is -1.97. The molecule has 0 bridgehead atoms. The fourth-order valence-corrected chi connectivity index (χ4v) is 1.07. The van der Waals surface area contributed by atoms with Crippen molar-refractivity contribution in [1.82, 2.24) is 9.97 Å². The number of aromatic carboxylic acids is 1. The maximum Gasteiger partial charge on any atom is 0.373 e. The van der Waals surface area contributed by atoms with Gasteiger partial charge in [-0.05, 0) is 6.07 Å². The molecule has 1 N–H and O–H groups in total. The molecule has 0 aliphatic carbocycles. The maximum atomic E-state index is 10.9. The lowest BCUT2D eigenvalue weighted by Gasteiger charge is -1.96. The Labute approximate surface area is 75.4 Å². The van der Waals surface area contributed by atoms with Gasteiger partial charge in [-0.3, -0.25) is 0 Å². The van der Waals surface area contributed by atoms with Gasteiger partial charge in [0.1, 0.15) is 0 Å². The van der Waals surface area contributed by atoms with Crippen LogP contribution in [0.25, 0.3) is 12.3 Å². The van der Waals surface area contributed by atoms with Crippen LogP contribution in [0.1, 0.15) is 10.6 Å². The first-order valence-corrected chi connectivity index (χ1v) is 3.70. The summed E-state index contributed by atoms with van der Waals surface area (Å²) >= 11 is 0. The number of nitrogens with zero attached hydrogens (tertiary/aromatic N) is 2. The molecule has 64 valence electrons. The third-order valence-corrected chi connectivity index (χ3v) is 1.67. The van der Waals surface area contributed by atoms with E-state index in [4.69, 9.17) is 1.43 Å². The van der Waals surface area contributed by atoms with Crippen molar-refractivity contribution < 1.29 is 9.90 Å². The fraction of sp³-hybridized carbons (Fsp3) is 0. The van der Waals surface area contributed by atoms with Crippen LogP contribution in [0.3, 0.4) is 0 Å². The second-order valence-electron chi connectivity index (χ2n) is 2.54. The Morgan fingerprint density at radius 2 is 2.31 bits per heavy atom. The first kappa shape index (κ1) is 6.54. The van der Waals surface area contributed by atoms with Crippen molar-refractivity contribution in [3.05, 3.63) is 36.3 Å². The third kappa shape index (κ3) is 1.33. The number of hydrogen-bond donors (Lipinski definition) is 1. The highest BCUT2D eigenvalue weighted by Gasteiger charge is 2.05. The molecule has 0 aliphatic heterocycles. The largest absolute Gasteiger partial charge is 0.475 e. The normalized spacial score (nSPS) is 10.9. The highest BCUT2D eigenvalue weighted by atomic mass is 16.4. The molecule has 0 amide bonds. The first-order chi connectivity index (χ1) is 6.81. The minimum atomic E-state index is -0.851. The third-order valence-electron chi connectivity index (χ3n) is 1.67. The summed E-state index contributed by atoms with van der Waals surface area (Å²) in [6.07, 6.45) is 1.52. The molecule has 0 radical (unpaired) electrons. The monoisotopic (exact) mass is 175 g/mol. The molecule has 0 fully saturated rings. The number of fused-ring (bicyclic) bond motifs is 1. The maximum absolute atomic E-state index is 10.9. The lowest BCUT2D eigenvalue weighted by Crippen LogP contribution is -2.03. The molecule has 4 nitrogen and oxygen atoms in total. The molecule has 0 atom stereocenters. The highest BCUT2D eigenvalue weighted by Crippen LogP contribution is 2.08. The van der Waals surface area contributed by atoms with Gasteiger partial charge >= 0.3 is 5.97 Å². The van der Waals surface area contributed by atoms with Gasteiger partial charge in [0.2, 0.25) is 5.82 Å². The summed E-state index contributed by atoms with van der Waals surface area (Å²) < 4.78 is 6.42. The molecule has 0 aliphatic rings. The number of carbonyl (C=O) groups is 1. The van der Waals surface area contributed by atoms with E-state index in [2.05, 4.69) is 15.1 Å². The fourth-order valence-electron chi connectivity index (χ4n) is 1.07. The number of carboxylic acids is 1. The van der Waals surface area contributed by atoms with E-state index in [0.29, 0.717) is 5.52 Å². The van der Waals surface area contributed by atoms with E-state index in [1.54, 1.807) is 6.07 Å². The van der Waals surface area contributed by atoms with E-state index in [-0.39, 0.29) is 5.82 Å². The first-order valence-electron chi connectivity index (χ1n) is 4.11. The zero-order chi connectivity index (χ0) is 9.97. The smallest absolute Gasteiger partial charge is 0.373 e. The lowest BCUT2D eigenvalue weighted by atomic mass is 10.2. The van der Waals surface area contributed by atoms with Crippen molar-refractivity contribution >= 4 is 16.9 Å². The van der Waals surface area contributed by atoms with Gasteiger partial charge in [0, 0.05) is 11.6 Å². The van der Waals surface area contributed by atoms with Crippen LogP contribution < -0.4 is 0 Å². The van der Waals surface area contributed by atoms with Gasteiger partial charge in [-0.15, -0.1) is 0 Å². The van der Waals surface area contributed by atoms with E-state index in [1.807, 2.05) is 18.2 Å². The molecule has 4 heteroatoms. The summed E-state index contributed by atoms with van der Waals surface area (Å²) in [5.41, 5.74) is 0.655. The number of benzene rings is 1. The van der Waals surface area contributed by atoms with E-state index in [0.717, 1.165) is 5.39 Å². The second kappa shape index (κ2) is 2.82. The average molecular weight is 175 g/mol. The van der Waals surface area contributed by atoms with Gasteiger partial charge in [-0.1, -0.05) is 18.2 Å². The van der Waals surface area contributed by atoms with Crippen LogP contribution in [0.4, 0.5) is 0 Å². The van der Waals surface area contributed by atoms with E-state index in [1.165, 1.54) is 6.20 Å². The van der Waals surface area contributed by atoms with Gasteiger partial charge < -0.3 is 5.11 Å². The summed E-state index contributed by atoms with van der Waals surface area (Å²) in [5.74, 6) is -0.950. The Morgan fingerprint density at radius 1 is 1.46 bits per heavy atom. The Kier molecular flexibility index (Phi) is 1.42. The summed E-state index contributed by atoms with van der Waals surface area (Å²) in [6, 6.07) is 7.27. The van der Waals surface area contributed by atoms with Gasteiger partial charge in [0.15, 0.2) is 0 Å². The predicted molar refractivity (Wildman–Crippen MR) is 46.5 cm³/mol. The molecule has 2 aromatic rings. The molecular formula is C9H6N2O2. The molecule has 0 unspecified atom stereocenters. The molecule has 0 spiro atoms. The number of rotatable bonds is 1. The molecule has 0 saturated heterocycles. The molecular weight excluding hydrogens is 168 g/mol. The Balaban J connectivity index is 2.56. The lowest BCUT2D eigenvalue weighted by molar-refractivity contribution is 0.0684. The second-order valence-corrected chi connectivity index (χ2v) is 2.54. The van der Waals surface area contributed by atoms with Crippen LogP contribution in [-0.4, -0.2) is 21.0 Å². The molecule has 2 rings (SSSR count). The van der Waals surface area contributed by atoms with Gasteiger partial charge in [0.25, 0.3) is 1.43 Å². The van der Waals surface area contributed by atoms with Gasteiger partial charge in [-0.25, -0.2) is 14.8 Å². The summed E-state index contributed by atoms with van der Waals surface area (Å²) in [4.78, 5) is 18.6. The van der Waals surface area contributed by atoms with Crippen molar-refractivity contribution in [2.45, 2.75) is 0 Å². The molecule has 1 heterocycles. The van der Waals surface area contributed by atoms with Crippen LogP contribution in [0.15, 0.2) is 30.5 Å². The Morgan fingerprint density at radius 3 is 3.15 bits per heavy atom. The average Bonchev–Trinajstić information content (AvgIpc) is 2.27. The topological polar surface area (TPSA) is 63.1 Å². The summed E-state index contributed by atoms with van der Waals surface area (Å²) in [7, 11) is 0. The van der Waals surface area contributed by atoms with Crippen LogP contribution in [0, 0.1) is 0 Å². The molecule has 1 aromatic carbocycles. The number of carboxylic acid groups (broad SMARTS) is 1. The van der Waals surface area contributed by atoms with Crippen LogP contribution in [0.2, 0.25) is 0 Å². The van der Waals surface area contributed by atoms with E-state index in [9.17, 15) is 4.79 Å². The quantitative estimate of drug-likeness (QED) is 0.710. The van der Waals surface area contributed by atoms with Crippen molar-refractivity contribution in [2.75, 3.05) is 0 Å². The van der Waals surface area contributed by atoms with E-state index < -0.39 is 5.97 Å². The predicted octanol–water partition coefficient (Wildman–Crippen LogP) is 1.33. The van der Waals surface area contributed by atoms with Crippen molar-refractivity contribution in [2.24, 2.45) is 0 Å². The van der Waals surface area contributed by atoms with Gasteiger partial charge in [-0.2, -0.15) is 0 Å². The molecule has 1 aromatic heterocycles. The summed E-state index contributed by atoms with van der Waals surface area (Å²) in [5, 5.41) is 4.61. The minimum Gasteiger partial charge on any atom is -0.475 e. The van der Waals surface area contributed by atoms with Crippen molar-refractivity contribution in [1.29, 1.82) is 1.43 Å². The van der Waals surface area contributed by atoms with Crippen LogP contribution in [-0.2, 0) is 0 Å². The molecule has 13 heavy (non-hydrogen) atoms. The number of para-hydroxylation sites is 1. The van der Waals surface area contributed by atoms with Crippen LogP contribution >= 0.6 is 0 Å². The number of aromatic nitrogens is 2. The SMILES string of the molecule is [2H]OC(=O)c1ncc2ccccc2n1. The Bertz CT molecular complexity index is 487. The zero-order valence-corrected chi connectivity index (χ0v) is 6.60. The minimum absolute atomic E-state index is 0.0984. The standard InChI is InChI=1S/C9H6N2O2/c12-9(13)8-10-5-6-3-1-2-4-7(6)11-8/h1-5H,(H,12,13)/i/hD. The molecule has 0 saturated carbocycles. The highest BCUT2D eigenvalue weighted by molar-refractivity contribution is 5.87. The van der Waals surface area contributed by atoms with Crippen LogP contribution in [0.5, 0.6) is 0 Å². The van der Waals surface area contributed by atoms with Gasteiger partial charge in [0.05, 0.1) is 5.52 Å². The number of hydrogen-bond acceptors (Lipinski definition) is 4.